The number of carbonyl (C=O) groups is 2. The van der Waals surface area contributed by atoms with Crippen LogP contribution in [0.2, 0.25) is 0 Å². The Morgan fingerprint density at radius 3 is 2.22 bits per heavy atom. The highest BCUT2D eigenvalue weighted by atomic mass is 32.1. The van der Waals surface area contributed by atoms with Gasteiger partial charge in [-0.3, -0.25) is 9.59 Å². The van der Waals surface area contributed by atoms with E-state index in [0.717, 1.165) is 45.6 Å². The number of likely N-dealkylation sites (tertiary alicyclic amines) is 1. The van der Waals surface area contributed by atoms with Crippen LogP contribution in [0.5, 0.6) is 0 Å². The van der Waals surface area contributed by atoms with Gasteiger partial charge in [-0.1, -0.05) is 17.2 Å². The highest BCUT2D eigenvalue weighted by molar-refractivity contribution is 7.19. The Bertz CT molecular complexity index is 1540. The monoisotopic (exact) mass is 644 g/mol. The lowest BCUT2D eigenvalue weighted by molar-refractivity contribution is -0.137. The number of nitrogens with one attached hydrogen (secondary N) is 1. The standard InChI is InChI=1S/C38H52N4O3S/c1-25-21-26(2)23-28(22-25)35-31(13-16-40-14-11-27(12-15-40)5-10-34(43)41-17-19-45-20-18-41)32-24-33(46-36(32)39-35)38(3,4)37(44)42-29-6-7-30(42)9-8-29/h21-24,27,29-30,39H,5-20H2,1-4H3. The molecule has 1 N–H and O–H groups in total. The van der Waals surface area contributed by atoms with Gasteiger partial charge < -0.3 is 24.4 Å². The number of rotatable bonds is 9. The normalized spacial score (nSPS) is 22.8. The lowest BCUT2D eigenvalue weighted by atomic mass is 9.88. The number of aromatic nitrogens is 1. The van der Waals surface area contributed by atoms with Crippen molar-refractivity contribution in [3.63, 3.8) is 0 Å². The number of H-pyrrole nitrogens is 1. The van der Waals surface area contributed by atoms with Crippen LogP contribution in [0, 0.1) is 19.8 Å². The molecule has 6 heterocycles. The molecule has 1 aromatic carbocycles. The number of ether oxygens (including phenoxy) is 1. The highest BCUT2D eigenvalue weighted by Crippen LogP contribution is 2.44. The summed E-state index contributed by atoms with van der Waals surface area (Å²) in [4.78, 5) is 39.7. The van der Waals surface area contributed by atoms with Gasteiger partial charge in [-0.2, -0.15) is 0 Å². The van der Waals surface area contributed by atoms with Crippen molar-refractivity contribution in [2.75, 3.05) is 45.9 Å². The molecule has 0 radical (unpaired) electrons. The molecule has 4 aliphatic heterocycles. The van der Waals surface area contributed by atoms with E-state index in [1.54, 1.807) is 11.3 Å². The van der Waals surface area contributed by atoms with Crippen molar-refractivity contribution in [2.45, 2.75) is 103 Å². The topological polar surface area (TPSA) is 68.9 Å². The SMILES string of the molecule is Cc1cc(C)cc(-c2[nH]c3sc(C(C)(C)C(=O)N4C5CCC4CC5)cc3c2CCN2CCC(CCC(=O)N3CCOCC3)CC2)c1. The number of aryl methyl sites for hydroxylation is 2. The van der Waals surface area contributed by atoms with Gasteiger partial charge in [0.15, 0.2) is 0 Å². The minimum Gasteiger partial charge on any atom is -0.378 e. The lowest BCUT2D eigenvalue weighted by Gasteiger charge is -2.33. The lowest BCUT2D eigenvalue weighted by Crippen LogP contribution is -2.45. The molecule has 8 heteroatoms. The van der Waals surface area contributed by atoms with Crippen LogP contribution in [0.3, 0.4) is 0 Å². The van der Waals surface area contributed by atoms with Gasteiger partial charge in [0.2, 0.25) is 11.8 Å². The Labute approximate surface area is 278 Å². The van der Waals surface area contributed by atoms with E-state index in [4.69, 9.17) is 4.74 Å². The number of amides is 2. The number of morpholine rings is 1. The van der Waals surface area contributed by atoms with Crippen molar-refractivity contribution < 1.29 is 14.3 Å². The quantitative estimate of drug-likeness (QED) is 0.277. The zero-order valence-electron chi connectivity index (χ0n) is 28.3. The van der Waals surface area contributed by atoms with Crippen LogP contribution >= 0.6 is 11.3 Å². The summed E-state index contributed by atoms with van der Waals surface area (Å²) >= 11 is 1.78. The fourth-order valence-electron chi connectivity index (χ4n) is 8.70. The summed E-state index contributed by atoms with van der Waals surface area (Å²) in [6.45, 7) is 14.7. The van der Waals surface area contributed by atoms with Crippen LogP contribution in [0.4, 0.5) is 0 Å². The second-order valence-electron chi connectivity index (χ2n) is 15.1. The van der Waals surface area contributed by atoms with E-state index in [9.17, 15) is 9.59 Å². The summed E-state index contributed by atoms with van der Waals surface area (Å²) in [6.07, 6.45) is 9.67. The van der Waals surface area contributed by atoms with Crippen molar-refractivity contribution in [3.05, 3.63) is 45.8 Å². The summed E-state index contributed by atoms with van der Waals surface area (Å²) < 4.78 is 5.41. The van der Waals surface area contributed by atoms with Crippen molar-refractivity contribution >= 4 is 33.4 Å². The maximum Gasteiger partial charge on any atom is 0.233 e. The maximum atomic E-state index is 14.0. The molecule has 4 aliphatic rings. The number of benzene rings is 1. The molecule has 3 aromatic rings. The molecule has 4 saturated heterocycles. The first-order chi connectivity index (χ1) is 22.2. The third-order valence-corrected chi connectivity index (χ3v) is 12.8. The zero-order chi connectivity index (χ0) is 32.0. The predicted molar refractivity (Wildman–Crippen MR) is 187 cm³/mol. The number of piperidine rings is 1. The average Bonchev–Trinajstić information content (AvgIpc) is 3.83. The molecule has 2 bridgehead atoms. The number of aromatic amines is 1. The second-order valence-corrected chi connectivity index (χ2v) is 16.1. The summed E-state index contributed by atoms with van der Waals surface area (Å²) in [5.41, 5.74) is 5.90. The molecule has 0 spiro atoms. The number of hydrogen-bond donors (Lipinski definition) is 1. The van der Waals surface area contributed by atoms with E-state index in [1.807, 2.05) is 4.90 Å². The van der Waals surface area contributed by atoms with E-state index in [1.165, 1.54) is 81.6 Å². The van der Waals surface area contributed by atoms with Crippen molar-refractivity contribution in [1.29, 1.82) is 0 Å². The highest BCUT2D eigenvalue weighted by Gasteiger charge is 2.47. The van der Waals surface area contributed by atoms with E-state index in [0.29, 0.717) is 49.5 Å². The van der Waals surface area contributed by atoms with Gasteiger partial charge in [0.05, 0.1) is 24.3 Å². The Morgan fingerprint density at radius 2 is 1.57 bits per heavy atom. The molecule has 2 amide bonds. The summed E-state index contributed by atoms with van der Waals surface area (Å²) in [7, 11) is 0. The molecular weight excluding hydrogens is 593 g/mol. The molecule has 0 saturated carbocycles. The molecule has 4 fully saturated rings. The van der Waals surface area contributed by atoms with Crippen LogP contribution in [0.15, 0.2) is 24.3 Å². The zero-order valence-corrected chi connectivity index (χ0v) is 29.1. The van der Waals surface area contributed by atoms with E-state index in [2.05, 4.69) is 66.7 Å². The number of fused-ring (bicyclic) bond motifs is 3. The van der Waals surface area contributed by atoms with Gasteiger partial charge >= 0.3 is 0 Å². The van der Waals surface area contributed by atoms with Gasteiger partial charge in [-0.25, -0.2) is 0 Å². The number of thiophene rings is 1. The minimum atomic E-state index is -0.530. The first-order valence-corrected chi connectivity index (χ1v) is 18.6. The molecule has 2 aromatic heterocycles. The Morgan fingerprint density at radius 1 is 0.913 bits per heavy atom. The van der Waals surface area contributed by atoms with E-state index < -0.39 is 5.41 Å². The summed E-state index contributed by atoms with van der Waals surface area (Å²) in [6, 6.07) is 10.1. The van der Waals surface area contributed by atoms with Crippen LogP contribution in [0.1, 0.15) is 86.8 Å². The first-order valence-electron chi connectivity index (χ1n) is 17.8. The minimum absolute atomic E-state index is 0.300. The van der Waals surface area contributed by atoms with Crippen LogP contribution < -0.4 is 0 Å². The Balaban J connectivity index is 1.06. The van der Waals surface area contributed by atoms with Crippen LogP contribution in [0.25, 0.3) is 21.5 Å². The molecule has 0 unspecified atom stereocenters. The largest absolute Gasteiger partial charge is 0.378 e. The first kappa shape index (κ1) is 31.9. The smallest absolute Gasteiger partial charge is 0.233 e. The summed E-state index contributed by atoms with van der Waals surface area (Å²) in [5, 5.41) is 1.29. The molecule has 7 nitrogen and oxygen atoms in total. The van der Waals surface area contributed by atoms with Crippen molar-refractivity contribution in [3.8, 4) is 11.3 Å². The van der Waals surface area contributed by atoms with Crippen molar-refractivity contribution in [1.82, 2.24) is 19.7 Å². The molecule has 248 valence electrons. The van der Waals surface area contributed by atoms with Crippen molar-refractivity contribution in [2.24, 2.45) is 5.92 Å². The van der Waals surface area contributed by atoms with E-state index in [-0.39, 0.29) is 0 Å². The summed E-state index contributed by atoms with van der Waals surface area (Å²) in [5.74, 6) is 1.25. The Kier molecular flexibility index (Phi) is 9.07. The Hall–Kier alpha value is -2.68. The fourth-order valence-corrected chi connectivity index (χ4v) is 9.89. The predicted octanol–water partition coefficient (Wildman–Crippen LogP) is 6.84. The molecule has 46 heavy (non-hydrogen) atoms. The van der Waals surface area contributed by atoms with Gasteiger partial charge in [0.25, 0.3) is 0 Å². The van der Waals surface area contributed by atoms with Crippen LogP contribution in [-0.2, 0) is 26.2 Å². The van der Waals surface area contributed by atoms with Gasteiger partial charge in [-0.05, 0) is 127 Å². The third kappa shape index (κ3) is 6.29. The maximum absolute atomic E-state index is 14.0. The van der Waals surface area contributed by atoms with E-state index >= 15 is 0 Å². The third-order valence-electron chi connectivity index (χ3n) is 11.5. The second kappa shape index (κ2) is 13.1. The number of carbonyl (C=O) groups excluding carboxylic acids is 2. The van der Waals surface area contributed by atoms with Gasteiger partial charge in [0, 0.05) is 48.4 Å². The molecule has 0 aliphatic carbocycles. The number of nitrogens with zero attached hydrogens (tertiary/aromatic N) is 3. The molecule has 0 atom stereocenters. The molecular formula is C38H52N4O3S. The molecule has 7 rings (SSSR count). The van der Waals surface area contributed by atoms with Crippen LogP contribution in [-0.4, -0.2) is 89.5 Å². The average molecular weight is 645 g/mol. The fraction of sp³-hybridized carbons (Fsp3) is 0.632. The van der Waals surface area contributed by atoms with Gasteiger partial charge in [0.1, 0.15) is 4.83 Å². The number of hydrogen-bond acceptors (Lipinski definition) is 5. The van der Waals surface area contributed by atoms with Gasteiger partial charge in [-0.15, -0.1) is 11.3 Å².